The highest BCUT2D eigenvalue weighted by atomic mass is 35.5. The Morgan fingerprint density at radius 1 is 1.00 bits per heavy atom. The molecule has 0 aliphatic carbocycles. The summed E-state index contributed by atoms with van der Waals surface area (Å²) >= 11 is 12.3. The lowest BCUT2D eigenvalue weighted by Crippen LogP contribution is -2.25. The summed E-state index contributed by atoms with van der Waals surface area (Å²) in [4.78, 5) is 11.3. The van der Waals surface area contributed by atoms with Gasteiger partial charge in [0.05, 0.1) is 10.7 Å². The van der Waals surface area contributed by atoms with Crippen LogP contribution < -0.4 is 10.6 Å². The smallest absolute Gasteiger partial charge is 0.215 e. The highest BCUT2D eigenvalue weighted by molar-refractivity contribution is 8.22. The van der Waals surface area contributed by atoms with Crippen molar-refractivity contribution in [1.82, 2.24) is 0 Å². The number of hydrogen-bond donors (Lipinski definition) is 0. The Bertz CT molecular complexity index is 1040. The van der Waals surface area contributed by atoms with Crippen LogP contribution in [-0.2, 0) is 11.8 Å². The molecule has 1 unspecified atom stereocenters. The Labute approximate surface area is 179 Å². The van der Waals surface area contributed by atoms with Crippen molar-refractivity contribution >= 4 is 40.1 Å². The van der Waals surface area contributed by atoms with E-state index in [0.29, 0.717) is 5.56 Å². The average Bonchev–Trinajstić information content (AvgIpc) is 2.69. The van der Waals surface area contributed by atoms with E-state index in [-0.39, 0.29) is 16.5 Å². The van der Waals surface area contributed by atoms with Gasteiger partial charge in [0.15, 0.2) is 0 Å². The van der Waals surface area contributed by atoms with Crippen LogP contribution in [0.3, 0.4) is 0 Å². The van der Waals surface area contributed by atoms with Gasteiger partial charge in [0.2, 0.25) is 6.54 Å². The Hall–Kier alpha value is -2.07. The normalized spacial score (nSPS) is 12.6. The summed E-state index contributed by atoms with van der Waals surface area (Å²) in [5, 5.41) is 13.3. The van der Waals surface area contributed by atoms with Crippen molar-refractivity contribution in [2.45, 2.75) is 19.5 Å². The predicted octanol–water partition coefficient (Wildman–Crippen LogP) is 5.54. The summed E-state index contributed by atoms with van der Waals surface area (Å²) < 4.78 is 13.8. The minimum absolute atomic E-state index is 0.0646. The number of halogens is 2. The summed E-state index contributed by atoms with van der Waals surface area (Å²) in [6.45, 7) is 3.60. The standard InChI is InChI=1S/C22H20ClFNO2PS/c1-15-3-8-18(9-4-15)28(29,19-10-5-16(2)6-11-19)22(14-25(26)27)17-7-12-21(24)20(23)13-17/h3-13,22H,14H2,1-2H3. The van der Waals surface area contributed by atoms with Crippen LogP contribution >= 0.6 is 17.6 Å². The average molecular weight is 448 g/mol. The van der Waals surface area contributed by atoms with E-state index in [1.165, 1.54) is 12.1 Å². The minimum Gasteiger partial charge on any atom is -0.265 e. The molecule has 0 amide bonds. The van der Waals surface area contributed by atoms with Gasteiger partial charge < -0.3 is 0 Å². The van der Waals surface area contributed by atoms with Crippen molar-refractivity contribution in [3.8, 4) is 0 Å². The van der Waals surface area contributed by atoms with E-state index >= 15 is 0 Å². The summed E-state index contributed by atoms with van der Waals surface area (Å²) in [5.41, 5.74) is 2.12. The van der Waals surface area contributed by atoms with E-state index in [4.69, 9.17) is 23.4 Å². The number of nitro groups is 1. The van der Waals surface area contributed by atoms with Crippen LogP contribution in [-0.4, -0.2) is 11.5 Å². The molecule has 29 heavy (non-hydrogen) atoms. The van der Waals surface area contributed by atoms with E-state index in [1.54, 1.807) is 6.07 Å². The van der Waals surface area contributed by atoms with E-state index in [2.05, 4.69) is 0 Å². The zero-order chi connectivity index (χ0) is 21.2. The maximum Gasteiger partial charge on any atom is 0.215 e. The fraction of sp³-hybridized carbons (Fsp3) is 0.182. The van der Waals surface area contributed by atoms with Gasteiger partial charge in [-0.25, -0.2) is 4.39 Å². The molecule has 0 radical (unpaired) electrons. The van der Waals surface area contributed by atoms with Gasteiger partial charge in [0.1, 0.15) is 5.82 Å². The number of benzene rings is 3. The second-order valence-corrected chi connectivity index (χ2v) is 12.1. The third-order valence-corrected chi connectivity index (χ3v) is 10.7. The molecule has 0 saturated heterocycles. The second kappa shape index (κ2) is 8.74. The maximum absolute atomic E-state index is 13.8. The van der Waals surface area contributed by atoms with Crippen molar-refractivity contribution in [3.63, 3.8) is 0 Å². The quantitative estimate of drug-likeness (QED) is 0.283. The molecule has 3 nitrogen and oxygen atoms in total. The lowest BCUT2D eigenvalue weighted by atomic mass is 10.1. The van der Waals surface area contributed by atoms with Crippen molar-refractivity contribution in [2.24, 2.45) is 0 Å². The van der Waals surface area contributed by atoms with Crippen molar-refractivity contribution in [1.29, 1.82) is 0 Å². The third kappa shape index (κ3) is 4.58. The summed E-state index contributed by atoms with van der Waals surface area (Å²) in [6, 6.07) is 17.3. The minimum atomic E-state index is -2.67. The first-order valence-corrected chi connectivity index (χ1v) is 12.3. The van der Waals surface area contributed by atoms with E-state index < -0.39 is 17.5 Å². The molecule has 0 bridgehead atoms. The van der Waals surface area contributed by atoms with Gasteiger partial charge in [-0.2, -0.15) is 0 Å². The number of aryl methyl sites for hydroxylation is 2. The molecule has 0 spiro atoms. The lowest BCUT2D eigenvalue weighted by Gasteiger charge is -2.31. The van der Waals surface area contributed by atoms with E-state index in [0.717, 1.165) is 21.7 Å². The molecule has 0 heterocycles. The van der Waals surface area contributed by atoms with Crippen LogP contribution in [0.4, 0.5) is 4.39 Å². The highest BCUT2D eigenvalue weighted by Gasteiger charge is 2.37. The fourth-order valence-electron chi connectivity index (χ4n) is 3.33. The molecule has 0 aromatic heterocycles. The molecule has 0 fully saturated rings. The van der Waals surface area contributed by atoms with E-state index in [1.807, 2.05) is 62.4 Å². The van der Waals surface area contributed by atoms with Crippen molar-refractivity contribution in [2.75, 3.05) is 6.54 Å². The molecule has 1 atom stereocenters. The summed E-state index contributed by atoms with van der Waals surface area (Å²) in [6.07, 6.45) is 0. The number of rotatable bonds is 6. The molecular weight excluding hydrogens is 428 g/mol. The SMILES string of the molecule is Cc1ccc(P(=S)(c2ccc(C)cc2)C(C[N+](=O)[O-])c2ccc(F)c(Cl)c2)cc1. The topological polar surface area (TPSA) is 43.1 Å². The highest BCUT2D eigenvalue weighted by Crippen LogP contribution is 2.57. The van der Waals surface area contributed by atoms with Crippen LogP contribution in [0.5, 0.6) is 0 Å². The van der Waals surface area contributed by atoms with Crippen LogP contribution in [0.1, 0.15) is 22.3 Å². The molecule has 3 aromatic carbocycles. The number of nitrogens with zero attached hydrogens (tertiary/aromatic N) is 1. The first-order chi connectivity index (χ1) is 13.7. The van der Waals surface area contributed by atoms with Gasteiger partial charge >= 0.3 is 0 Å². The zero-order valence-electron chi connectivity index (χ0n) is 16.0. The van der Waals surface area contributed by atoms with Crippen LogP contribution in [0.15, 0.2) is 66.7 Å². The fourth-order valence-corrected chi connectivity index (χ4v) is 7.96. The first-order valence-electron chi connectivity index (χ1n) is 9.03. The summed E-state index contributed by atoms with van der Waals surface area (Å²) in [5.74, 6) is -0.561. The molecule has 3 rings (SSSR count). The lowest BCUT2D eigenvalue weighted by molar-refractivity contribution is -0.479. The Morgan fingerprint density at radius 3 is 1.90 bits per heavy atom. The molecule has 0 N–H and O–H groups in total. The van der Waals surface area contributed by atoms with Crippen LogP contribution in [0.2, 0.25) is 5.02 Å². The van der Waals surface area contributed by atoms with Gasteiger partial charge in [0, 0.05) is 11.0 Å². The van der Waals surface area contributed by atoms with Gasteiger partial charge in [-0.1, -0.05) is 89.1 Å². The molecular formula is C22H20ClFNO2PS. The molecule has 150 valence electrons. The first kappa shape index (κ1) is 21.6. The number of hydrogen-bond acceptors (Lipinski definition) is 3. The van der Waals surface area contributed by atoms with Crippen molar-refractivity contribution in [3.05, 3.63) is 104 Å². The largest absolute Gasteiger partial charge is 0.265 e. The molecule has 0 aliphatic rings. The predicted molar refractivity (Wildman–Crippen MR) is 122 cm³/mol. The Kier molecular flexibility index (Phi) is 6.52. The maximum atomic E-state index is 13.8. The van der Waals surface area contributed by atoms with Crippen LogP contribution in [0, 0.1) is 29.8 Å². The zero-order valence-corrected chi connectivity index (χ0v) is 18.5. The van der Waals surface area contributed by atoms with Crippen LogP contribution in [0.25, 0.3) is 0 Å². The molecule has 0 saturated carbocycles. The van der Waals surface area contributed by atoms with Gasteiger partial charge in [0.25, 0.3) is 0 Å². The van der Waals surface area contributed by atoms with Gasteiger partial charge in [-0.3, -0.25) is 10.1 Å². The molecule has 0 aliphatic heterocycles. The monoisotopic (exact) mass is 447 g/mol. The van der Waals surface area contributed by atoms with E-state index in [9.17, 15) is 14.5 Å². The third-order valence-electron chi connectivity index (χ3n) is 4.92. The Balaban J connectivity index is 2.29. The summed E-state index contributed by atoms with van der Waals surface area (Å²) in [7, 11) is 0. The van der Waals surface area contributed by atoms with Gasteiger partial charge in [-0.15, -0.1) is 0 Å². The molecule has 7 heteroatoms. The molecule has 3 aromatic rings. The van der Waals surface area contributed by atoms with Crippen molar-refractivity contribution < 1.29 is 9.31 Å². The Morgan fingerprint density at radius 2 is 1.48 bits per heavy atom. The second-order valence-electron chi connectivity index (χ2n) is 7.03. The van der Waals surface area contributed by atoms with Gasteiger partial charge in [-0.05, 0) is 42.2 Å².